The molecule has 0 heterocycles. The molecule has 1 saturated carbocycles. The van der Waals surface area contributed by atoms with Gasteiger partial charge in [-0.1, -0.05) is 39.8 Å². The molecule has 0 aliphatic heterocycles. The fourth-order valence-electron chi connectivity index (χ4n) is 3.40. The molecule has 0 bridgehead atoms. The third-order valence-electron chi connectivity index (χ3n) is 5.33. The van der Waals surface area contributed by atoms with Gasteiger partial charge in [-0.3, -0.25) is 0 Å². The molecule has 0 unspecified atom stereocenters. The van der Waals surface area contributed by atoms with E-state index in [2.05, 4.69) is 46.8 Å². The molecule has 1 aromatic rings. The molecule has 1 aromatic carbocycles. The largest absolute Gasteiger partial charge is 0.0628 e. The highest BCUT2D eigenvalue weighted by Crippen LogP contribution is 2.49. The van der Waals surface area contributed by atoms with Crippen LogP contribution in [0.4, 0.5) is 0 Å². The molecule has 0 amide bonds. The molecule has 0 radical (unpaired) electrons. The van der Waals surface area contributed by atoms with E-state index in [0.29, 0.717) is 5.41 Å². The van der Waals surface area contributed by atoms with E-state index in [1.165, 1.54) is 56.9 Å². The molecule has 0 saturated heterocycles. The van der Waals surface area contributed by atoms with Gasteiger partial charge >= 0.3 is 0 Å². The molecule has 0 heteroatoms. The van der Waals surface area contributed by atoms with Gasteiger partial charge in [0, 0.05) is 0 Å². The van der Waals surface area contributed by atoms with Crippen molar-refractivity contribution in [2.24, 2.45) is 11.3 Å². The fourth-order valence-corrected chi connectivity index (χ4v) is 3.40. The minimum atomic E-state index is 0.706. The zero-order valence-corrected chi connectivity index (χ0v) is 14.9. The third-order valence-corrected chi connectivity index (χ3v) is 5.33. The summed E-state index contributed by atoms with van der Waals surface area (Å²) >= 11 is 0. The lowest BCUT2D eigenvalue weighted by molar-refractivity contribution is 0.494. The molecule has 118 valence electrons. The lowest BCUT2D eigenvalue weighted by atomic mass is 9.89. The summed E-state index contributed by atoms with van der Waals surface area (Å²) in [6.45, 7) is 11.7. The Morgan fingerprint density at radius 1 is 1.14 bits per heavy atom. The number of rotatable bonds is 8. The number of aryl methyl sites for hydroxylation is 3. The summed E-state index contributed by atoms with van der Waals surface area (Å²) in [5.74, 6) is 0.800. The smallest absolute Gasteiger partial charge is 0.0273 e. The van der Waals surface area contributed by atoms with Crippen LogP contribution in [-0.2, 0) is 19.3 Å². The zero-order valence-electron chi connectivity index (χ0n) is 14.9. The van der Waals surface area contributed by atoms with Gasteiger partial charge in [0.25, 0.3) is 0 Å². The van der Waals surface area contributed by atoms with Gasteiger partial charge in [-0.25, -0.2) is 0 Å². The molecule has 0 atom stereocenters. The van der Waals surface area contributed by atoms with Crippen LogP contribution >= 0.6 is 0 Å². The molecule has 0 nitrogen and oxygen atoms in total. The van der Waals surface area contributed by atoms with E-state index in [-0.39, 0.29) is 0 Å². The van der Waals surface area contributed by atoms with E-state index in [1.54, 1.807) is 16.7 Å². The summed E-state index contributed by atoms with van der Waals surface area (Å²) in [7, 11) is 0. The van der Waals surface area contributed by atoms with E-state index in [4.69, 9.17) is 0 Å². The summed E-state index contributed by atoms with van der Waals surface area (Å²) < 4.78 is 0. The fraction of sp³-hybridized carbons (Fsp3) is 0.714. The molecule has 2 rings (SSSR count). The Labute approximate surface area is 132 Å². The second-order valence-electron chi connectivity index (χ2n) is 8.00. The lowest BCUT2D eigenvalue weighted by Gasteiger charge is -2.16. The number of hydrogen-bond donors (Lipinski definition) is 0. The van der Waals surface area contributed by atoms with Gasteiger partial charge in [-0.2, -0.15) is 0 Å². The predicted molar refractivity (Wildman–Crippen MR) is 94.0 cm³/mol. The normalized spacial score (nSPS) is 16.5. The predicted octanol–water partition coefficient (Wildman–Crippen LogP) is 6.27. The second-order valence-corrected chi connectivity index (χ2v) is 8.00. The van der Waals surface area contributed by atoms with Crippen LogP contribution in [0, 0.1) is 18.3 Å². The van der Waals surface area contributed by atoms with Crippen LogP contribution in [0.25, 0.3) is 0 Å². The molecule has 0 N–H and O–H groups in total. The highest BCUT2D eigenvalue weighted by Gasteiger charge is 2.36. The van der Waals surface area contributed by atoms with Crippen molar-refractivity contribution in [1.82, 2.24) is 0 Å². The van der Waals surface area contributed by atoms with Gasteiger partial charge < -0.3 is 0 Å². The Morgan fingerprint density at radius 2 is 1.86 bits per heavy atom. The molecule has 0 aromatic heterocycles. The Kier molecular flexibility index (Phi) is 5.52. The van der Waals surface area contributed by atoms with Crippen molar-refractivity contribution in [3.63, 3.8) is 0 Å². The van der Waals surface area contributed by atoms with Gasteiger partial charge in [0.15, 0.2) is 0 Å². The van der Waals surface area contributed by atoms with Gasteiger partial charge in [0.05, 0.1) is 0 Å². The molecule has 0 spiro atoms. The van der Waals surface area contributed by atoms with Gasteiger partial charge in [0.1, 0.15) is 0 Å². The Bertz CT molecular complexity index is 463. The highest BCUT2D eigenvalue weighted by atomic mass is 14.4. The van der Waals surface area contributed by atoms with Crippen LogP contribution in [0.1, 0.15) is 82.1 Å². The van der Waals surface area contributed by atoms with Crippen molar-refractivity contribution in [2.75, 3.05) is 0 Å². The Morgan fingerprint density at radius 3 is 2.43 bits per heavy atom. The first-order valence-corrected chi connectivity index (χ1v) is 9.05. The van der Waals surface area contributed by atoms with Crippen molar-refractivity contribution < 1.29 is 0 Å². The van der Waals surface area contributed by atoms with Crippen molar-refractivity contribution in [3.05, 3.63) is 34.4 Å². The van der Waals surface area contributed by atoms with Gasteiger partial charge in [-0.05, 0) is 91.9 Å². The van der Waals surface area contributed by atoms with E-state index in [9.17, 15) is 0 Å². The number of benzene rings is 1. The third kappa shape index (κ3) is 4.87. The van der Waals surface area contributed by atoms with Crippen molar-refractivity contribution in [2.45, 2.75) is 86.0 Å². The standard InChI is InChI=1S/C21H34/c1-6-19-15-18(10-9-16(2)3)14-17(4)20(19)8-7-11-21(5)12-13-21/h14-16H,6-13H2,1-5H3. The van der Waals surface area contributed by atoms with Crippen LogP contribution in [0.3, 0.4) is 0 Å². The SMILES string of the molecule is CCc1cc(CCC(C)C)cc(C)c1CCCC1(C)CC1. The monoisotopic (exact) mass is 286 g/mol. The Balaban J connectivity index is 2.01. The first kappa shape index (κ1) is 16.6. The molecule has 21 heavy (non-hydrogen) atoms. The van der Waals surface area contributed by atoms with E-state index in [0.717, 1.165) is 5.92 Å². The molecular weight excluding hydrogens is 252 g/mol. The van der Waals surface area contributed by atoms with Crippen molar-refractivity contribution in [1.29, 1.82) is 0 Å². The maximum atomic E-state index is 2.49. The maximum Gasteiger partial charge on any atom is -0.0273 e. The lowest BCUT2D eigenvalue weighted by Crippen LogP contribution is -2.02. The summed E-state index contributed by atoms with van der Waals surface area (Å²) in [5, 5.41) is 0. The van der Waals surface area contributed by atoms with Gasteiger partial charge in [0.2, 0.25) is 0 Å². The highest BCUT2D eigenvalue weighted by molar-refractivity contribution is 5.39. The molecule has 1 aliphatic carbocycles. The average molecular weight is 287 g/mol. The van der Waals surface area contributed by atoms with Crippen LogP contribution in [0.15, 0.2) is 12.1 Å². The first-order valence-electron chi connectivity index (χ1n) is 9.05. The minimum Gasteiger partial charge on any atom is -0.0628 e. The molecular formula is C21H34. The second kappa shape index (κ2) is 6.99. The van der Waals surface area contributed by atoms with Crippen LogP contribution < -0.4 is 0 Å². The quantitative estimate of drug-likeness (QED) is 0.528. The van der Waals surface area contributed by atoms with E-state index >= 15 is 0 Å². The van der Waals surface area contributed by atoms with E-state index < -0.39 is 0 Å². The maximum absolute atomic E-state index is 2.49. The summed E-state index contributed by atoms with van der Waals surface area (Å²) in [5.41, 5.74) is 7.05. The van der Waals surface area contributed by atoms with E-state index in [1.807, 2.05) is 0 Å². The molecule has 1 aliphatic rings. The summed E-state index contributed by atoms with van der Waals surface area (Å²) in [4.78, 5) is 0. The van der Waals surface area contributed by atoms with Crippen molar-refractivity contribution >= 4 is 0 Å². The van der Waals surface area contributed by atoms with Crippen LogP contribution in [0.2, 0.25) is 0 Å². The zero-order chi connectivity index (χ0) is 15.5. The Hall–Kier alpha value is -0.780. The summed E-state index contributed by atoms with van der Waals surface area (Å²) in [6.07, 6.45) is 10.7. The number of hydrogen-bond acceptors (Lipinski definition) is 0. The van der Waals surface area contributed by atoms with Crippen LogP contribution in [0.5, 0.6) is 0 Å². The average Bonchev–Trinajstić information content (AvgIpc) is 3.16. The van der Waals surface area contributed by atoms with Crippen LogP contribution in [-0.4, -0.2) is 0 Å². The van der Waals surface area contributed by atoms with Crippen molar-refractivity contribution in [3.8, 4) is 0 Å². The molecule has 1 fully saturated rings. The van der Waals surface area contributed by atoms with Gasteiger partial charge in [-0.15, -0.1) is 0 Å². The minimum absolute atomic E-state index is 0.706. The summed E-state index contributed by atoms with van der Waals surface area (Å²) in [6, 6.07) is 4.94. The first-order chi connectivity index (χ1) is 9.93. The topological polar surface area (TPSA) is 0 Å².